The molecule has 2 atom stereocenters. The smallest absolute Gasteiger partial charge is 0.200 e. The molecule has 4 aromatic carbocycles. The molecule has 2 N–H and O–H groups in total. The summed E-state index contributed by atoms with van der Waals surface area (Å²) in [6.07, 6.45) is 10.00. The van der Waals surface area contributed by atoms with Gasteiger partial charge in [0, 0.05) is 85.9 Å². The summed E-state index contributed by atoms with van der Waals surface area (Å²) in [5, 5.41) is 32.4. The first-order valence-corrected chi connectivity index (χ1v) is 27.7. The minimum absolute atomic E-state index is 0.0438. The maximum absolute atomic E-state index is 16.0. The molecule has 0 radical (unpaired) electrons. The number of nitrogens with zero attached hydrogens (tertiary/aromatic N) is 8. The first-order valence-electron chi connectivity index (χ1n) is 27.7. The maximum atomic E-state index is 16.0. The van der Waals surface area contributed by atoms with Gasteiger partial charge in [-0.25, -0.2) is 8.78 Å². The molecule has 0 aliphatic carbocycles. The molecule has 0 spiro atoms. The van der Waals surface area contributed by atoms with Crippen LogP contribution in [0.15, 0.2) is 97.6 Å². The Morgan fingerprint density at radius 3 is 1.23 bits per heavy atom. The van der Waals surface area contributed by atoms with Gasteiger partial charge in [0.15, 0.2) is 23.1 Å². The van der Waals surface area contributed by atoms with Crippen LogP contribution in [0.3, 0.4) is 0 Å². The molecule has 0 amide bonds. The van der Waals surface area contributed by atoms with Crippen LogP contribution in [0.5, 0.6) is 11.5 Å². The van der Waals surface area contributed by atoms with Gasteiger partial charge < -0.3 is 38.3 Å². The summed E-state index contributed by atoms with van der Waals surface area (Å²) >= 11 is 0. The van der Waals surface area contributed by atoms with Crippen molar-refractivity contribution in [2.75, 3.05) is 40.6 Å². The van der Waals surface area contributed by atoms with E-state index in [1.54, 1.807) is 39.8 Å². The molecule has 14 nitrogen and oxygen atoms in total. The fourth-order valence-electron chi connectivity index (χ4n) is 12.5. The largest absolute Gasteiger partial charge is 0.494 e. The predicted molar refractivity (Wildman–Crippen MR) is 308 cm³/mol. The summed E-state index contributed by atoms with van der Waals surface area (Å²) in [6.45, 7) is 13.1. The molecule has 2 saturated heterocycles. The van der Waals surface area contributed by atoms with Crippen LogP contribution in [-0.4, -0.2) is 89.5 Å². The lowest BCUT2D eigenvalue weighted by Crippen LogP contribution is -2.28. The summed E-state index contributed by atoms with van der Waals surface area (Å²) < 4.78 is 91.7. The van der Waals surface area contributed by atoms with Crippen LogP contribution in [-0.2, 0) is 34.8 Å². The Morgan fingerprint density at radius 2 is 0.902 bits per heavy atom. The number of fused-ring (bicyclic) bond motifs is 6. The molecule has 428 valence electrons. The lowest BCUT2D eigenvalue weighted by atomic mass is 9.86. The molecular weight excluding hydrogens is 1050 g/mol. The second-order valence-corrected chi connectivity index (χ2v) is 22.9. The summed E-state index contributed by atoms with van der Waals surface area (Å²) in [5.74, 6) is -4.25. The first-order chi connectivity index (χ1) is 39.2. The summed E-state index contributed by atoms with van der Waals surface area (Å²) in [7, 11) is 6.43. The Bertz CT molecular complexity index is 3750. The predicted octanol–water partition coefficient (Wildman–Crippen LogP) is 12.9. The van der Waals surface area contributed by atoms with Crippen molar-refractivity contribution in [1.29, 1.82) is 0 Å². The van der Waals surface area contributed by atoms with Gasteiger partial charge >= 0.3 is 0 Å². The summed E-state index contributed by atoms with van der Waals surface area (Å²) in [6, 6.07) is 20.8. The maximum Gasteiger partial charge on any atom is 0.200 e. The molecule has 8 heterocycles. The van der Waals surface area contributed by atoms with E-state index in [4.69, 9.17) is 28.9 Å². The number of methoxy groups -OCH3 is 2. The van der Waals surface area contributed by atoms with Crippen LogP contribution < -0.4 is 9.47 Å². The van der Waals surface area contributed by atoms with Crippen molar-refractivity contribution in [3.8, 4) is 34.0 Å². The molecule has 0 saturated carbocycles. The zero-order valence-electron chi connectivity index (χ0n) is 47.8. The van der Waals surface area contributed by atoms with Gasteiger partial charge in [0.05, 0.1) is 94.4 Å². The standard InChI is InChI=1S/2C32H34F2N4O3/c2*1-18-16-36-37(4)30(18)20-14-25-29(35-17-20)22-7-6-21(32(2,3)39)15-24(22)38(25)31(19-10-12-41-13-11-19)23-8-9-26(40-5)28(34)27(23)33/h2*6-9,14-17,19,31,39H,10-13H2,1-5H3. The van der Waals surface area contributed by atoms with Crippen LogP contribution in [0.1, 0.15) is 98.8 Å². The number of halogens is 4. The number of hydrogen-bond donors (Lipinski definition) is 2. The van der Waals surface area contributed by atoms with E-state index < -0.39 is 46.6 Å². The number of rotatable bonds is 12. The van der Waals surface area contributed by atoms with Crippen molar-refractivity contribution in [2.45, 2.75) is 90.5 Å². The van der Waals surface area contributed by atoms with Gasteiger partial charge in [-0.05, 0) is 138 Å². The highest BCUT2D eigenvalue weighted by atomic mass is 19.2. The van der Waals surface area contributed by atoms with E-state index >= 15 is 17.6 Å². The van der Waals surface area contributed by atoms with Crippen LogP contribution in [0.2, 0.25) is 0 Å². The van der Waals surface area contributed by atoms with Crippen molar-refractivity contribution in [1.82, 2.24) is 38.7 Å². The third kappa shape index (κ3) is 9.96. The zero-order valence-corrected chi connectivity index (χ0v) is 47.8. The number of pyridine rings is 2. The second kappa shape index (κ2) is 21.9. The fourth-order valence-corrected chi connectivity index (χ4v) is 12.5. The van der Waals surface area contributed by atoms with Crippen molar-refractivity contribution >= 4 is 43.9 Å². The minimum Gasteiger partial charge on any atom is -0.494 e. The van der Waals surface area contributed by atoms with Gasteiger partial charge in [-0.2, -0.15) is 19.0 Å². The van der Waals surface area contributed by atoms with E-state index in [9.17, 15) is 10.2 Å². The number of ether oxygens (including phenoxy) is 4. The molecule has 18 heteroatoms. The van der Waals surface area contributed by atoms with E-state index in [0.717, 1.165) is 77.5 Å². The highest BCUT2D eigenvalue weighted by Gasteiger charge is 2.36. The van der Waals surface area contributed by atoms with E-state index in [1.807, 2.05) is 98.5 Å². The third-order valence-electron chi connectivity index (χ3n) is 16.7. The molecule has 2 unspecified atom stereocenters. The van der Waals surface area contributed by atoms with Crippen molar-refractivity contribution in [2.24, 2.45) is 25.9 Å². The Balaban J connectivity index is 0.000000172. The van der Waals surface area contributed by atoms with Gasteiger partial charge in [0.25, 0.3) is 0 Å². The molecule has 10 aromatic rings. The number of hydrogen-bond acceptors (Lipinski definition) is 10. The van der Waals surface area contributed by atoms with Gasteiger partial charge in [0.1, 0.15) is 0 Å². The normalized spacial score (nSPS) is 15.6. The molecule has 12 rings (SSSR count). The lowest BCUT2D eigenvalue weighted by molar-refractivity contribution is 0.0546. The third-order valence-corrected chi connectivity index (χ3v) is 16.7. The Labute approximate surface area is 472 Å². The molecule has 6 aromatic heterocycles. The van der Waals surface area contributed by atoms with Crippen LogP contribution in [0, 0.1) is 49.0 Å². The highest BCUT2D eigenvalue weighted by Crippen LogP contribution is 2.46. The van der Waals surface area contributed by atoms with Crippen molar-refractivity contribution < 1.29 is 46.7 Å². The van der Waals surface area contributed by atoms with Crippen molar-refractivity contribution in [3.05, 3.63) is 154 Å². The average molecular weight is 1120 g/mol. The van der Waals surface area contributed by atoms with E-state index in [0.29, 0.717) is 63.2 Å². The molecule has 82 heavy (non-hydrogen) atoms. The number of aryl methyl sites for hydroxylation is 4. The summed E-state index contributed by atoms with van der Waals surface area (Å²) in [5.41, 5.74) is 9.95. The molecule has 2 aliphatic rings. The van der Waals surface area contributed by atoms with E-state index in [1.165, 1.54) is 26.4 Å². The number of benzene rings is 4. The Morgan fingerprint density at radius 1 is 0.524 bits per heavy atom. The van der Waals surface area contributed by atoms with Crippen LogP contribution in [0.25, 0.3) is 66.4 Å². The molecular formula is C64H68F4N8O6. The summed E-state index contributed by atoms with van der Waals surface area (Å²) in [4.78, 5) is 9.82. The van der Waals surface area contributed by atoms with Crippen LogP contribution >= 0.6 is 0 Å². The van der Waals surface area contributed by atoms with Gasteiger partial charge in [-0.1, -0.05) is 36.4 Å². The van der Waals surface area contributed by atoms with Crippen molar-refractivity contribution in [3.63, 3.8) is 0 Å². The SMILES string of the molecule is COc1ccc(C(C2CCOCC2)n2c3cc(C(C)(C)O)ccc3c3ncc(-c4c(C)cnn4C)cc32)c(F)c1F.COc1ccc(C(C2CCOCC2)n2c3cc(C(C)(C)O)ccc3c3ncc(-c4c(C)cnn4C)cc32)c(F)c1F. The van der Waals surface area contributed by atoms with Gasteiger partial charge in [-0.3, -0.25) is 19.3 Å². The minimum atomic E-state index is -1.11. The molecule has 0 bridgehead atoms. The molecule has 2 fully saturated rings. The zero-order chi connectivity index (χ0) is 58.1. The van der Waals surface area contributed by atoms with E-state index in [-0.39, 0.29) is 34.5 Å². The monoisotopic (exact) mass is 1120 g/mol. The highest BCUT2D eigenvalue weighted by molar-refractivity contribution is 6.08. The van der Waals surface area contributed by atoms with Crippen LogP contribution in [0.4, 0.5) is 17.6 Å². The number of aliphatic hydroxyl groups is 2. The molecule has 2 aliphatic heterocycles. The average Bonchev–Trinajstić information content (AvgIpc) is 4.40. The van der Waals surface area contributed by atoms with Gasteiger partial charge in [0.2, 0.25) is 11.6 Å². The van der Waals surface area contributed by atoms with E-state index in [2.05, 4.69) is 31.5 Å². The quantitative estimate of drug-likeness (QED) is 0.113. The Hall–Kier alpha value is -7.64. The first kappa shape index (κ1) is 56.2. The second-order valence-electron chi connectivity index (χ2n) is 22.9. The Kier molecular flexibility index (Phi) is 15.0. The fraction of sp³-hybridized carbons (Fsp3) is 0.375. The lowest BCUT2D eigenvalue weighted by Gasteiger charge is -2.33. The topological polar surface area (TPSA) is 149 Å². The number of aromatic nitrogens is 8. The van der Waals surface area contributed by atoms with Gasteiger partial charge in [-0.15, -0.1) is 0 Å².